The largest absolute Gasteiger partial charge is 0.467 e. The predicted molar refractivity (Wildman–Crippen MR) is 110 cm³/mol. The van der Waals surface area contributed by atoms with Gasteiger partial charge in [-0.05, 0) is 48.0 Å². The van der Waals surface area contributed by atoms with Crippen LogP contribution >= 0.6 is 0 Å². The highest BCUT2D eigenvalue weighted by molar-refractivity contribution is 5.80. The lowest BCUT2D eigenvalue weighted by molar-refractivity contribution is 0.00512. The Bertz CT molecular complexity index is 1070. The summed E-state index contributed by atoms with van der Waals surface area (Å²) < 4.78 is 29.3. The van der Waals surface area contributed by atoms with Crippen LogP contribution in [0.15, 0.2) is 84.9 Å². The van der Waals surface area contributed by atoms with Gasteiger partial charge in [-0.15, -0.1) is 4.48 Å². The number of aromatic nitrogens is 1. The van der Waals surface area contributed by atoms with Gasteiger partial charge in [-0.2, -0.15) is 0 Å². The van der Waals surface area contributed by atoms with Gasteiger partial charge in [0.2, 0.25) is 5.88 Å². The molecular weight excluding hydrogens is 371 g/mol. The lowest BCUT2D eigenvalue weighted by Gasteiger charge is -2.09. The van der Waals surface area contributed by atoms with Crippen molar-refractivity contribution in [3.63, 3.8) is 0 Å². The summed E-state index contributed by atoms with van der Waals surface area (Å²) in [7, 11) is 0. The van der Waals surface area contributed by atoms with Crippen molar-refractivity contribution in [3.05, 3.63) is 90.5 Å². The van der Waals surface area contributed by atoms with Crippen molar-refractivity contribution >= 4 is 16.6 Å². The lowest BCUT2D eigenvalue weighted by Crippen LogP contribution is -2.03. The topological polar surface area (TPSA) is 52.6 Å². The highest BCUT2D eigenvalue weighted by atomic mass is 19.2. The quantitative estimate of drug-likeness (QED) is 0.231. The molecule has 4 aromatic rings. The highest BCUT2D eigenvalue weighted by Gasteiger charge is 2.04. The first-order chi connectivity index (χ1) is 14.3. The zero-order chi connectivity index (χ0) is 19.9. The summed E-state index contributed by atoms with van der Waals surface area (Å²) in [6.45, 7) is 0.632. The monoisotopic (exact) mass is 390 g/mol. The zero-order valence-corrected chi connectivity index (χ0v) is 15.5. The maximum Gasteiger partial charge on any atom is 0.219 e. The third-order valence-electron chi connectivity index (χ3n) is 4.24. The number of fused-ring (bicyclic) bond motifs is 1. The molecule has 0 unspecified atom stereocenters. The minimum absolute atomic E-state index is 0.144. The van der Waals surface area contributed by atoms with Crippen LogP contribution in [-0.4, -0.2) is 11.8 Å². The number of anilines is 1. The SMILES string of the molecule is FNc1ccc(Oc2ccc3ccc(OCOCc4ccccc4)cc3n2)cc1. The van der Waals surface area contributed by atoms with E-state index >= 15 is 0 Å². The summed E-state index contributed by atoms with van der Waals surface area (Å²) in [6.07, 6.45) is 0. The van der Waals surface area contributed by atoms with Crippen LogP contribution in [0.25, 0.3) is 10.9 Å². The molecule has 0 saturated carbocycles. The van der Waals surface area contributed by atoms with Crippen LogP contribution in [0.3, 0.4) is 0 Å². The molecule has 6 heteroatoms. The van der Waals surface area contributed by atoms with E-state index in [1.54, 1.807) is 35.9 Å². The molecule has 1 aromatic heterocycles. The first kappa shape index (κ1) is 18.7. The zero-order valence-electron chi connectivity index (χ0n) is 15.5. The Hall–Kier alpha value is -3.64. The van der Waals surface area contributed by atoms with E-state index in [2.05, 4.69) is 4.98 Å². The van der Waals surface area contributed by atoms with Crippen molar-refractivity contribution in [1.82, 2.24) is 4.98 Å². The standard InChI is InChI=1S/C23H19FN2O3/c24-26-19-8-11-20(12-9-19)29-23-13-7-18-6-10-21(14-22(18)25-23)28-16-27-15-17-4-2-1-3-5-17/h1-14,26H,15-16H2. The second kappa shape index (κ2) is 9.03. The van der Waals surface area contributed by atoms with Gasteiger partial charge < -0.3 is 14.2 Å². The number of ether oxygens (including phenoxy) is 3. The minimum Gasteiger partial charge on any atom is -0.467 e. The lowest BCUT2D eigenvalue weighted by atomic mass is 10.2. The van der Waals surface area contributed by atoms with E-state index in [9.17, 15) is 4.48 Å². The fourth-order valence-electron chi connectivity index (χ4n) is 2.78. The van der Waals surface area contributed by atoms with Crippen molar-refractivity contribution in [1.29, 1.82) is 0 Å². The second-order valence-electron chi connectivity index (χ2n) is 6.32. The molecule has 0 bridgehead atoms. The van der Waals surface area contributed by atoms with Gasteiger partial charge in [0.15, 0.2) is 6.79 Å². The molecule has 0 aliphatic heterocycles. The second-order valence-corrected chi connectivity index (χ2v) is 6.32. The number of nitrogens with zero attached hydrogens (tertiary/aromatic N) is 1. The number of rotatable bonds is 8. The summed E-state index contributed by atoms with van der Waals surface area (Å²) in [4.78, 5) is 4.52. The molecule has 1 N–H and O–H groups in total. The molecule has 0 fully saturated rings. The highest BCUT2D eigenvalue weighted by Crippen LogP contribution is 2.26. The van der Waals surface area contributed by atoms with Crippen molar-refractivity contribution in [3.8, 4) is 17.4 Å². The molecule has 5 nitrogen and oxygen atoms in total. The molecule has 0 atom stereocenters. The van der Waals surface area contributed by atoms with Gasteiger partial charge in [0.1, 0.15) is 11.5 Å². The van der Waals surface area contributed by atoms with Crippen LogP contribution in [0.1, 0.15) is 5.56 Å². The molecule has 3 aromatic carbocycles. The first-order valence-corrected chi connectivity index (χ1v) is 9.10. The number of benzene rings is 3. The number of nitrogens with one attached hydrogen (secondary N) is 1. The maximum absolute atomic E-state index is 12.4. The van der Waals surface area contributed by atoms with Crippen molar-refractivity contribution < 1.29 is 18.7 Å². The average Bonchev–Trinajstić information content (AvgIpc) is 2.78. The number of hydrogen-bond acceptors (Lipinski definition) is 5. The summed E-state index contributed by atoms with van der Waals surface area (Å²) in [5.74, 6) is 1.67. The Morgan fingerprint density at radius 1 is 0.828 bits per heavy atom. The molecule has 4 rings (SSSR count). The molecule has 146 valence electrons. The molecule has 0 radical (unpaired) electrons. The number of pyridine rings is 1. The summed E-state index contributed by atoms with van der Waals surface area (Å²) in [6, 6.07) is 25.8. The van der Waals surface area contributed by atoms with E-state index in [0.29, 0.717) is 29.7 Å². The third kappa shape index (κ3) is 5.00. The summed E-state index contributed by atoms with van der Waals surface area (Å²) >= 11 is 0. The van der Waals surface area contributed by atoms with Crippen LogP contribution in [0.2, 0.25) is 0 Å². The Balaban J connectivity index is 1.39. The van der Waals surface area contributed by atoms with Crippen molar-refractivity contribution in [2.24, 2.45) is 0 Å². The third-order valence-corrected chi connectivity index (χ3v) is 4.24. The van der Waals surface area contributed by atoms with Crippen LogP contribution in [0, 0.1) is 0 Å². The number of halogens is 1. The van der Waals surface area contributed by atoms with Gasteiger partial charge in [0.25, 0.3) is 0 Å². The summed E-state index contributed by atoms with van der Waals surface area (Å²) in [5, 5.41) is 0.965. The Morgan fingerprint density at radius 2 is 1.59 bits per heavy atom. The Morgan fingerprint density at radius 3 is 2.38 bits per heavy atom. The summed E-state index contributed by atoms with van der Waals surface area (Å²) in [5.41, 5.74) is 3.78. The van der Waals surface area contributed by atoms with E-state index < -0.39 is 0 Å². The molecule has 0 amide bonds. The molecule has 0 aliphatic rings. The Labute approximate surface area is 167 Å². The van der Waals surface area contributed by atoms with E-state index in [1.165, 1.54) is 0 Å². The van der Waals surface area contributed by atoms with Gasteiger partial charge in [-0.3, -0.25) is 0 Å². The molecular formula is C23H19FN2O3. The van der Waals surface area contributed by atoms with Gasteiger partial charge in [-0.25, -0.2) is 10.5 Å². The van der Waals surface area contributed by atoms with E-state index in [0.717, 1.165) is 16.5 Å². The van der Waals surface area contributed by atoms with E-state index in [-0.39, 0.29) is 6.79 Å². The molecule has 0 saturated heterocycles. The van der Waals surface area contributed by atoms with Gasteiger partial charge in [0.05, 0.1) is 17.8 Å². The Kier molecular flexibility index (Phi) is 5.83. The molecule has 0 aliphatic carbocycles. The van der Waals surface area contributed by atoms with Crippen LogP contribution < -0.4 is 15.0 Å². The van der Waals surface area contributed by atoms with E-state index in [1.807, 2.05) is 54.6 Å². The van der Waals surface area contributed by atoms with Crippen LogP contribution in [-0.2, 0) is 11.3 Å². The van der Waals surface area contributed by atoms with Gasteiger partial charge in [-0.1, -0.05) is 30.3 Å². The maximum atomic E-state index is 12.4. The molecule has 1 heterocycles. The van der Waals surface area contributed by atoms with Crippen LogP contribution in [0.4, 0.5) is 10.2 Å². The minimum atomic E-state index is 0.144. The fourth-order valence-corrected chi connectivity index (χ4v) is 2.78. The molecule has 0 spiro atoms. The van der Waals surface area contributed by atoms with Gasteiger partial charge >= 0.3 is 0 Å². The number of hydrogen-bond donors (Lipinski definition) is 1. The predicted octanol–water partition coefficient (Wildman–Crippen LogP) is 5.88. The smallest absolute Gasteiger partial charge is 0.219 e. The molecule has 29 heavy (non-hydrogen) atoms. The average molecular weight is 390 g/mol. The van der Waals surface area contributed by atoms with Crippen LogP contribution in [0.5, 0.6) is 17.4 Å². The van der Waals surface area contributed by atoms with Crippen molar-refractivity contribution in [2.45, 2.75) is 6.61 Å². The fraction of sp³-hybridized carbons (Fsp3) is 0.0870. The normalized spacial score (nSPS) is 10.7. The van der Waals surface area contributed by atoms with Crippen molar-refractivity contribution in [2.75, 3.05) is 12.3 Å². The first-order valence-electron chi connectivity index (χ1n) is 9.10. The van der Waals surface area contributed by atoms with Gasteiger partial charge in [0, 0.05) is 17.5 Å². The van der Waals surface area contributed by atoms with E-state index in [4.69, 9.17) is 14.2 Å².